The Hall–Kier alpha value is -3.49. The average Bonchev–Trinajstić information content (AvgIpc) is 2.67. The van der Waals surface area contributed by atoms with Gasteiger partial charge in [0, 0.05) is 5.56 Å². The fourth-order valence-corrected chi connectivity index (χ4v) is 2.23. The van der Waals surface area contributed by atoms with Crippen molar-refractivity contribution in [3.05, 3.63) is 54.1 Å². The third-order valence-electron chi connectivity index (χ3n) is 3.64. The first-order valence-corrected chi connectivity index (χ1v) is 8.54. The molecule has 0 spiro atoms. The number of alkyl halides is 2. The molecule has 1 amide bonds. The van der Waals surface area contributed by atoms with Crippen LogP contribution >= 0.6 is 0 Å². The zero-order chi connectivity index (χ0) is 21.4. The Labute approximate surface area is 165 Å². The lowest BCUT2D eigenvalue weighted by molar-refractivity contribution is -0.155. The number of ketones is 1. The van der Waals surface area contributed by atoms with Gasteiger partial charge in [0.15, 0.2) is 18.5 Å². The molecule has 0 aliphatic rings. The van der Waals surface area contributed by atoms with Crippen molar-refractivity contribution in [2.45, 2.75) is 26.6 Å². The molecular weight excluding hydrogens is 388 g/mol. The fourth-order valence-electron chi connectivity index (χ4n) is 2.23. The molecule has 1 N–H and O–H groups in total. The normalized spacial score (nSPS) is 11.5. The highest BCUT2D eigenvalue weighted by molar-refractivity contribution is 5.96. The number of halogens is 2. The fraction of sp³-hybridized carbons (Fsp3) is 0.250. The van der Waals surface area contributed by atoms with E-state index < -0.39 is 31.2 Å². The molecule has 0 heterocycles. The van der Waals surface area contributed by atoms with E-state index in [1.165, 1.54) is 44.2 Å². The van der Waals surface area contributed by atoms with Gasteiger partial charge in [0.2, 0.25) is 0 Å². The first kappa shape index (κ1) is 21.8. The zero-order valence-electron chi connectivity index (χ0n) is 15.7. The molecule has 2 aromatic rings. The molecule has 1 atom stereocenters. The number of para-hydroxylation sites is 2. The number of Topliss-reactive ketones (excluding diaryl/α,β-unsaturated/α-hetero) is 1. The number of nitrogens with one attached hydrogen (secondary N) is 1. The number of hydrogen-bond donors (Lipinski definition) is 1. The first-order chi connectivity index (χ1) is 13.8. The SMILES string of the molecule is CC(=O)c1cccc(OCC(=O)O[C@H](C)C(=O)Nc2ccccc2OC(F)F)c1. The zero-order valence-corrected chi connectivity index (χ0v) is 15.7. The van der Waals surface area contributed by atoms with Gasteiger partial charge in [-0.2, -0.15) is 8.78 Å². The van der Waals surface area contributed by atoms with Crippen LogP contribution in [0.3, 0.4) is 0 Å². The molecule has 9 heteroatoms. The van der Waals surface area contributed by atoms with E-state index in [1.807, 2.05) is 0 Å². The maximum atomic E-state index is 12.4. The van der Waals surface area contributed by atoms with Gasteiger partial charge < -0.3 is 19.5 Å². The van der Waals surface area contributed by atoms with Crippen LogP contribution in [0.2, 0.25) is 0 Å². The number of rotatable bonds is 9. The summed E-state index contributed by atoms with van der Waals surface area (Å²) in [7, 11) is 0. The second kappa shape index (κ2) is 10.2. The summed E-state index contributed by atoms with van der Waals surface area (Å²) >= 11 is 0. The molecule has 0 saturated carbocycles. The Kier molecular flexibility index (Phi) is 7.64. The molecule has 2 rings (SSSR count). The highest BCUT2D eigenvalue weighted by Crippen LogP contribution is 2.25. The topological polar surface area (TPSA) is 90.9 Å². The van der Waals surface area contributed by atoms with Crippen LogP contribution in [-0.4, -0.2) is 37.0 Å². The predicted molar refractivity (Wildman–Crippen MR) is 99.2 cm³/mol. The summed E-state index contributed by atoms with van der Waals surface area (Å²) in [6, 6.07) is 11.9. The van der Waals surface area contributed by atoms with Crippen molar-refractivity contribution in [3.63, 3.8) is 0 Å². The van der Waals surface area contributed by atoms with Gasteiger partial charge in [-0.3, -0.25) is 9.59 Å². The molecule has 2 aromatic carbocycles. The summed E-state index contributed by atoms with van der Waals surface area (Å²) in [6.07, 6.45) is -1.21. The van der Waals surface area contributed by atoms with Gasteiger partial charge in [-0.05, 0) is 38.1 Å². The van der Waals surface area contributed by atoms with Gasteiger partial charge in [-0.15, -0.1) is 0 Å². The summed E-state index contributed by atoms with van der Waals surface area (Å²) in [5.41, 5.74) is 0.436. The van der Waals surface area contributed by atoms with E-state index in [0.29, 0.717) is 11.3 Å². The average molecular weight is 407 g/mol. The van der Waals surface area contributed by atoms with Crippen LogP contribution in [-0.2, 0) is 14.3 Å². The highest BCUT2D eigenvalue weighted by Gasteiger charge is 2.20. The molecular formula is C20H19F2NO6. The van der Waals surface area contributed by atoms with E-state index >= 15 is 0 Å². The van der Waals surface area contributed by atoms with Crippen molar-refractivity contribution in [2.75, 3.05) is 11.9 Å². The highest BCUT2D eigenvalue weighted by atomic mass is 19.3. The Morgan fingerprint density at radius 1 is 1.07 bits per heavy atom. The van der Waals surface area contributed by atoms with Crippen LogP contribution in [0.15, 0.2) is 48.5 Å². The van der Waals surface area contributed by atoms with Crippen molar-refractivity contribution >= 4 is 23.3 Å². The molecule has 29 heavy (non-hydrogen) atoms. The van der Waals surface area contributed by atoms with Gasteiger partial charge in [0.1, 0.15) is 11.5 Å². The minimum atomic E-state index is -3.05. The van der Waals surface area contributed by atoms with Crippen LogP contribution in [0.5, 0.6) is 11.5 Å². The number of ether oxygens (including phenoxy) is 3. The molecule has 0 unspecified atom stereocenters. The molecule has 7 nitrogen and oxygen atoms in total. The van der Waals surface area contributed by atoms with Gasteiger partial charge in [-0.1, -0.05) is 24.3 Å². The summed E-state index contributed by atoms with van der Waals surface area (Å²) < 4.78 is 39.4. The molecule has 0 saturated heterocycles. The predicted octanol–water partition coefficient (Wildman–Crippen LogP) is 3.44. The van der Waals surface area contributed by atoms with Crippen LogP contribution in [0.4, 0.5) is 14.5 Å². The quantitative estimate of drug-likeness (QED) is 0.506. The Morgan fingerprint density at radius 3 is 2.48 bits per heavy atom. The first-order valence-electron chi connectivity index (χ1n) is 8.54. The van der Waals surface area contributed by atoms with E-state index in [1.54, 1.807) is 18.2 Å². The maximum Gasteiger partial charge on any atom is 0.387 e. The summed E-state index contributed by atoms with van der Waals surface area (Å²) in [5, 5.41) is 2.36. The summed E-state index contributed by atoms with van der Waals surface area (Å²) in [4.78, 5) is 35.4. The van der Waals surface area contributed by atoms with E-state index in [0.717, 1.165) is 0 Å². The Morgan fingerprint density at radius 2 is 1.79 bits per heavy atom. The number of carbonyl (C=O) groups is 3. The number of anilines is 1. The molecule has 154 valence electrons. The molecule has 0 radical (unpaired) electrons. The Balaban J connectivity index is 1.88. The summed E-state index contributed by atoms with van der Waals surface area (Å²) in [5.74, 6) is -1.63. The van der Waals surface area contributed by atoms with Gasteiger partial charge in [0.25, 0.3) is 5.91 Å². The number of benzene rings is 2. The standard InChI is InChI=1S/C20H19F2NO6/c1-12(24)14-6-5-7-15(10-14)27-11-18(25)28-13(2)19(26)23-16-8-3-4-9-17(16)29-20(21)22/h3-10,13,20H,11H2,1-2H3,(H,23,26)/t13-/m1/s1. The second-order valence-corrected chi connectivity index (χ2v) is 5.87. The van der Waals surface area contributed by atoms with E-state index in [2.05, 4.69) is 10.1 Å². The second-order valence-electron chi connectivity index (χ2n) is 5.87. The van der Waals surface area contributed by atoms with E-state index in [4.69, 9.17) is 9.47 Å². The maximum absolute atomic E-state index is 12.4. The van der Waals surface area contributed by atoms with E-state index in [9.17, 15) is 23.2 Å². The molecule has 0 aromatic heterocycles. The molecule has 0 bridgehead atoms. The lowest BCUT2D eigenvalue weighted by Crippen LogP contribution is -2.31. The molecule has 0 fully saturated rings. The lowest BCUT2D eigenvalue weighted by atomic mass is 10.1. The number of amides is 1. The number of carbonyl (C=O) groups excluding carboxylic acids is 3. The monoisotopic (exact) mass is 407 g/mol. The van der Waals surface area contributed by atoms with Crippen LogP contribution in [0.1, 0.15) is 24.2 Å². The van der Waals surface area contributed by atoms with Crippen molar-refractivity contribution in [3.8, 4) is 11.5 Å². The number of hydrogen-bond acceptors (Lipinski definition) is 6. The third-order valence-corrected chi connectivity index (χ3v) is 3.64. The summed E-state index contributed by atoms with van der Waals surface area (Å²) in [6.45, 7) is -0.815. The van der Waals surface area contributed by atoms with Crippen LogP contribution in [0, 0.1) is 0 Å². The third kappa shape index (κ3) is 6.87. The van der Waals surface area contributed by atoms with Gasteiger partial charge in [-0.25, -0.2) is 4.79 Å². The van der Waals surface area contributed by atoms with Crippen molar-refractivity contribution in [1.29, 1.82) is 0 Å². The number of esters is 1. The minimum absolute atomic E-state index is 0.0120. The minimum Gasteiger partial charge on any atom is -0.482 e. The van der Waals surface area contributed by atoms with Crippen molar-refractivity contribution in [2.24, 2.45) is 0 Å². The van der Waals surface area contributed by atoms with Gasteiger partial charge >= 0.3 is 12.6 Å². The molecule has 0 aliphatic heterocycles. The smallest absolute Gasteiger partial charge is 0.387 e. The van der Waals surface area contributed by atoms with Crippen molar-refractivity contribution < 1.29 is 37.4 Å². The van der Waals surface area contributed by atoms with E-state index in [-0.39, 0.29) is 17.2 Å². The van der Waals surface area contributed by atoms with Crippen molar-refractivity contribution in [1.82, 2.24) is 0 Å². The lowest BCUT2D eigenvalue weighted by Gasteiger charge is -2.16. The molecule has 0 aliphatic carbocycles. The van der Waals surface area contributed by atoms with Gasteiger partial charge in [0.05, 0.1) is 5.69 Å². The largest absolute Gasteiger partial charge is 0.482 e. The van der Waals surface area contributed by atoms with Crippen LogP contribution in [0.25, 0.3) is 0 Å². The van der Waals surface area contributed by atoms with Crippen LogP contribution < -0.4 is 14.8 Å². The Bertz CT molecular complexity index is 887.